The monoisotopic (exact) mass is 276 g/mol. The van der Waals surface area contributed by atoms with Crippen LogP contribution in [0.1, 0.15) is 38.3 Å². The van der Waals surface area contributed by atoms with E-state index in [0.29, 0.717) is 0 Å². The standard InChI is InChI=1S/C15H20N2O3/c1-8-5-11(6-9(2)19-8)20-10-3-4-12-13(7-10)17-15(18)14(12)16/h3-4,7-9,11,14H,5-6,16H2,1-2H3,(H,17,18). The molecule has 1 fully saturated rings. The lowest BCUT2D eigenvalue weighted by atomic mass is 10.0. The molecular weight excluding hydrogens is 256 g/mol. The molecule has 108 valence electrons. The molecule has 3 atom stereocenters. The van der Waals surface area contributed by atoms with Gasteiger partial charge in [0.2, 0.25) is 5.91 Å². The lowest BCUT2D eigenvalue weighted by molar-refractivity contribution is -0.116. The zero-order valence-electron chi connectivity index (χ0n) is 11.8. The SMILES string of the molecule is CC1CC(Oc2ccc3c(c2)NC(=O)C3N)CC(C)O1. The number of amides is 1. The summed E-state index contributed by atoms with van der Waals surface area (Å²) in [6.45, 7) is 4.13. The normalized spacial score (nSPS) is 32.6. The number of fused-ring (bicyclic) bond motifs is 1. The van der Waals surface area contributed by atoms with E-state index in [1.54, 1.807) is 0 Å². The number of carbonyl (C=O) groups is 1. The third kappa shape index (κ3) is 2.51. The van der Waals surface area contributed by atoms with E-state index in [2.05, 4.69) is 19.2 Å². The van der Waals surface area contributed by atoms with Crippen LogP contribution in [-0.4, -0.2) is 24.2 Å². The van der Waals surface area contributed by atoms with Gasteiger partial charge in [-0.15, -0.1) is 0 Å². The highest BCUT2D eigenvalue weighted by Gasteiger charge is 2.29. The summed E-state index contributed by atoms with van der Waals surface area (Å²) in [7, 11) is 0. The fourth-order valence-corrected chi connectivity index (χ4v) is 2.97. The highest BCUT2D eigenvalue weighted by atomic mass is 16.5. The summed E-state index contributed by atoms with van der Waals surface area (Å²) in [5, 5.41) is 2.77. The lowest BCUT2D eigenvalue weighted by Crippen LogP contribution is -2.35. The van der Waals surface area contributed by atoms with E-state index in [1.165, 1.54) is 0 Å². The van der Waals surface area contributed by atoms with Gasteiger partial charge >= 0.3 is 0 Å². The Morgan fingerprint density at radius 2 is 2.00 bits per heavy atom. The van der Waals surface area contributed by atoms with Crippen LogP contribution in [0.4, 0.5) is 5.69 Å². The molecular formula is C15H20N2O3. The van der Waals surface area contributed by atoms with Crippen molar-refractivity contribution in [3.05, 3.63) is 23.8 Å². The minimum absolute atomic E-state index is 0.151. The van der Waals surface area contributed by atoms with E-state index in [9.17, 15) is 4.79 Å². The second kappa shape index (κ2) is 5.07. The summed E-state index contributed by atoms with van der Waals surface area (Å²) in [6.07, 6.45) is 2.34. The van der Waals surface area contributed by atoms with Crippen LogP contribution in [0, 0.1) is 0 Å². The van der Waals surface area contributed by atoms with Gasteiger partial charge < -0.3 is 20.5 Å². The van der Waals surface area contributed by atoms with E-state index in [-0.39, 0.29) is 24.2 Å². The molecule has 1 aromatic carbocycles. The van der Waals surface area contributed by atoms with Gasteiger partial charge in [-0.1, -0.05) is 6.07 Å². The highest BCUT2D eigenvalue weighted by Crippen LogP contribution is 2.33. The Morgan fingerprint density at radius 1 is 1.30 bits per heavy atom. The number of ether oxygens (including phenoxy) is 2. The predicted molar refractivity (Wildman–Crippen MR) is 75.7 cm³/mol. The van der Waals surface area contributed by atoms with E-state index in [1.807, 2.05) is 18.2 Å². The van der Waals surface area contributed by atoms with Crippen molar-refractivity contribution in [1.29, 1.82) is 0 Å². The van der Waals surface area contributed by atoms with Gasteiger partial charge in [0, 0.05) is 30.2 Å². The summed E-state index contributed by atoms with van der Waals surface area (Å²) in [5.74, 6) is 0.606. The number of nitrogens with one attached hydrogen (secondary N) is 1. The molecule has 0 radical (unpaired) electrons. The number of rotatable bonds is 2. The average molecular weight is 276 g/mol. The van der Waals surface area contributed by atoms with Crippen molar-refractivity contribution < 1.29 is 14.3 Å². The fraction of sp³-hybridized carbons (Fsp3) is 0.533. The molecule has 0 bridgehead atoms. The maximum atomic E-state index is 11.5. The van der Waals surface area contributed by atoms with Gasteiger partial charge in [0.1, 0.15) is 17.9 Å². The van der Waals surface area contributed by atoms with Gasteiger partial charge in [-0.2, -0.15) is 0 Å². The number of carbonyl (C=O) groups excluding carboxylic acids is 1. The first kappa shape index (κ1) is 13.4. The smallest absolute Gasteiger partial charge is 0.245 e. The number of hydrogen-bond donors (Lipinski definition) is 2. The Morgan fingerprint density at radius 3 is 2.70 bits per heavy atom. The first-order chi connectivity index (χ1) is 9.52. The molecule has 1 amide bonds. The van der Waals surface area contributed by atoms with E-state index in [0.717, 1.165) is 29.8 Å². The first-order valence-corrected chi connectivity index (χ1v) is 7.05. The van der Waals surface area contributed by atoms with Crippen LogP contribution in [0.2, 0.25) is 0 Å². The first-order valence-electron chi connectivity index (χ1n) is 7.05. The minimum Gasteiger partial charge on any atom is -0.490 e. The Balaban J connectivity index is 1.73. The van der Waals surface area contributed by atoms with Crippen molar-refractivity contribution in [2.24, 2.45) is 5.73 Å². The largest absolute Gasteiger partial charge is 0.490 e. The van der Waals surface area contributed by atoms with Gasteiger partial charge in [0.15, 0.2) is 0 Å². The molecule has 5 nitrogen and oxygen atoms in total. The van der Waals surface area contributed by atoms with Crippen molar-refractivity contribution in [2.45, 2.75) is 51.0 Å². The number of hydrogen-bond acceptors (Lipinski definition) is 4. The second-order valence-corrected chi connectivity index (χ2v) is 5.68. The van der Waals surface area contributed by atoms with E-state index < -0.39 is 6.04 Å². The van der Waals surface area contributed by atoms with Crippen LogP contribution < -0.4 is 15.8 Å². The fourth-order valence-electron chi connectivity index (χ4n) is 2.97. The quantitative estimate of drug-likeness (QED) is 0.866. The predicted octanol–water partition coefficient (Wildman–Crippen LogP) is 1.97. The van der Waals surface area contributed by atoms with E-state index in [4.69, 9.17) is 15.2 Å². The van der Waals surface area contributed by atoms with Crippen molar-refractivity contribution in [3.8, 4) is 5.75 Å². The molecule has 0 spiro atoms. The van der Waals surface area contributed by atoms with Crippen LogP contribution in [0.5, 0.6) is 5.75 Å². The Kier molecular flexibility index (Phi) is 3.40. The molecule has 0 aromatic heterocycles. The zero-order chi connectivity index (χ0) is 14.3. The Labute approximate surface area is 118 Å². The minimum atomic E-state index is -0.567. The van der Waals surface area contributed by atoms with Crippen molar-refractivity contribution in [1.82, 2.24) is 0 Å². The average Bonchev–Trinajstić information content (AvgIpc) is 2.63. The maximum absolute atomic E-state index is 11.5. The molecule has 2 heterocycles. The molecule has 3 N–H and O–H groups in total. The molecule has 3 rings (SSSR count). The van der Waals surface area contributed by atoms with Gasteiger partial charge in [-0.25, -0.2) is 0 Å². The summed E-state index contributed by atoms with van der Waals surface area (Å²) < 4.78 is 11.7. The number of benzene rings is 1. The second-order valence-electron chi connectivity index (χ2n) is 5.68. The molecule has 5 heteroatoms. The summed E-state index contributed by atoms with van der Waals surface area (Å²) >= 11 is 0. The van der Waals surface area contributed by atoms with Crippen LogP contribution in [-0.2, 0) is 9.53 Å². The van der Waals surface area contributed by atoms with Crippen LogP contribution in [0.15, 0.2) is 18.2 Å². The van der Waals surface area contributed by atoms with E-state index >= 15 is 0 Å². The van der Waals surface area contributed by atoms with Gasteiger partial charge in [-0.05, 0) is 19.9 Å². The van der Waals surface area contributed by atoms with Gasteiger partial charge in [-0.3, -0.25) is 4.79 Å². The topological polar surface area (TPSA) is 73.6 Å². The maximum Gasteiger partial charge on any atom is 0.245 e. The van der Waals surface area contributed by atoms with Crippen LogP contribution >= 0.6 is 0 Å². The molecule has 1 aromatic rings. The highest BCUT2D eigenvalue weighted by molar-refractivity contribution is 6.02. The molecule has 2 aliphatic heterocycles. The van der Waals surface area contributed by atoms with Gasteiger partial charge in [0.05, 0.1) is 12.2 Å². The molecule has 0 saturated carbocycles. The van der Waals surface area contributed by atoms with Crippen LogP contribution in [0.3, 0.4) is 0 Å². The molecule has 20 heavy (non-hydrogen) atoms. The molecule has 0 aliphatic carbocycles. The number of anilines is 1. The molecule has 1 saturated heterocycles. The third-order valence-electron chi connectivity index (χ3n) is 3.86. The Bertz CT molecular complexity index is 522. The Hall–Kier alpha value is -1.59. The molecule has 3 unspecified atom stereocenters. The lowest BCUT2D eigenvalue weighted by Gasteiger charge is -2.32. The van der Waals surface area contributed by atoms with Crippen LogP contribution in [0.25, 0.3) is 0 Å². The zero-order valence-corrected chi connectivity index (χ0v) is 11.8. The van der Waals surface area contributed by atoms with Crippen molar-refractivity contribution >= 4 is 11.6 Å². The summed E-state index contributed by atoms with van der Waals surface area (Å²) in [6, 6.07) is 5.02. The molecule has 2 aliphatic rings. The van der Waals surface area contributed by atoms with Crippen molar-refractivity contribution in [2.75, 3.05) is 5.32 Å². The number of nitrogens with two attached hydrogens (primary N) is 1. The van der Waals surface area contributed by atoms with Crippen molar-refractivity contribution in [3.63, 3.8) is 0 Å². The van der Waals surface area contributed by atoms with Gasteiger partial charge in [0.25, 0.3) is 0 Å². The third-order valence-corrected chi connectivity index (χ3v) is 3.86. The summed E-state index contributed by atoms with van der Waals surface area (Å²) in [4.78, 5) is 11.5. The summed E-state index contributed by atoms with van der Waals surface area (Å²) in [5.41, 5.74) is 7.38.